The number of amides is 2. The zero-order valence-electron chi connectivity index (χ0n) is 16.0. The van der Waals surface area contributed by atoms with Crippen LogP contribution in [0.3, 0.4) is 0 Å². The van der Waals surface area contributed by atoms with Gasteiger partial charge in [0.25, 0.3) is 0 Å². The summed E-state index contributed by atoms with van der Waals surface area (Å²) in [6.45, 7) is 4.84. The maximum atomic E-state index is 13.1. The molecule has 0 unspecified atom stereocenters. The summed E-state index contributed by atoms with van der Waals surface area (Å²) in [4.78, 5) is 32.3. The van der Waals surface area contributed by atoms with Gasteiger partial charge in [0, 0.05) is 19.1 Å². The molecule has 0 bridgehead atoms. The molecule has 0 radical (unpaired) electrons. The Labute approximate surface area is 162 Å². The summed E-state index contributed by atoms with van der Waals surface area (Å²) in [6.07, 6.45) is 2.47. The Balaban J connectivity index is 1.70. The average Bonchev–Trinajstić information content (AvgIpc) is 3.10. The van der Waals surface area contributed by atoms with Crippen molar-refractivity contribution in [3.8, 4) is 0 Å². The Kier molecular flexibility index (Phi) is 6.35. The molecule has 2 amide bonds. The van der Waals surface area contributed by atoms with E-state index in [4.69, 9.17) is 4.74 Å². The van der Waals surface area contributed by atoms with Crippen LogP contribution in [0.1, 0.15) is 19.4 Å². The van der Waals surface area contributed by atoms with Crippen LogP contribution in [0.5, 0.6) is 0 Å². The summed E-state index contributed by atoms with van der Waals surface area (Å²) in [5.41, 5.74) is 0.827. The SMILES string of the molecule is CC(C)N1C[C@H](OCc2ccc(F)cc2)CN(C(=O)Cn2cncn2)CC1=O. The lowest BCUT2D eigenvalue weighted by molar-refractivity contribution is -0.140. The van der Waals surface area contributed by atoms with Gasteiger partial charge < -0.3 is 14.5 Å². The van der Waals surface area contributed by atoms with Gasteiger partial charge in [0.15, 0.2) is 0 Å². The van der Waals surface area contributed by atoms with Crippen molar-refractivity contribution in [1.29, 1.82) is 0 Å². The van der Waals surface area contributed by atoms with E-state index in [1.165, 1.54) is 34.4 Å². The minimum absolute atomic E-state index is 0.00210. The summed E-state index contributed by atoms with van der Waals surface area (Å²) in [6, 6.07) is 6.07. The Morgan fingerprint density at radius 1 is 1.29 bits per heavy atom. The van der Waals surface area contributed by atoms with Gasteiger partial charge in [-0.2, -0.15) is 5.10 Å². The van der Waals surface area contributed by atoms with Crippen LogP contribution in [-0.2, 0) is 27.5 Å². The maximum Gasteiger partial charge on any atom is 0.244 e. The molecule has 9 heteroatoms. The van der Waals surface area contributed by atoms with Gasteiger partial charge >= 0.3 is 0 Å². The number of carbonyl (C=O) groups is 2. The zero-order valence-corrected chi connectivity index (χ0v) is 16.0. The number of aromatic nitrogens is 3. The predicted octanol–water partition coefficient (Wildman–Crippen LogP) is 1.08. The number of rotatable bonds is 6. The molecular weight excluding hydrogens is 365 g/mol. The third-order valence-electron chi connectivity index (χ3n) is 4.61. The molecule has 0 N–H and O–H groups in total. The van der Waals surface area contributed by atoms with Crippen molar-refractivity contribution in [3.05, 3.63) is 48.3 Å². The Hall–Kier alpha value is -2.81. The molecule has 1 aromatic carbocycles. The fraction of sp³-hybridized carbons (Fsp3) is 0.474. The van der Waals surface area contributed by atoms with Crippen LogP contribution in [0.2, 0.25) is 0 Å². The number of hydrogen-bond acceptors (Lipinski definition) is 5. The molecule has 2 heterocycles. The molecule has 2 aromatic rings. The second kappa shape index (κ2) is 8.92. The van der Waals surface area contributed by atoms with Crippen molar-refractivity contribution in [2.45, 2.75) is 39.1 Å². The molecule has 1 aromatic heterocycles. The van der Waals surface area contributed by atoms with E-state index in [2.05, 4.69) is 10.1 Å². The van der Waals surface area contributed by atoms with E-state index in [1.54, 1.807) is 17.0 Å². The topological polar surface area (TPSA) is 80.6 Å². The largest absolute Gasteiger partial charge is 0.370 e. The first-order valence-corrected chi connectivity index (χ1v) is 9.18. The van der Waals surface area contributed by atoms with Gasteiger partial charge in [-0.15, -0.1) is 0 Å². The highest BCUT2D eigenvalue weighted by Crippen LogP contribution is 2.14. The molecule has 1 saturated heterocycles. The highest BCUT2D eigenvalue weighted by atomic mass is 19.1. The van der Waals surface area contributed by atoms with E-state index in [0.29, 0.717) is 13.1 Å². The molecule has 150 valence electrons. The first-order valence-electron chi connectivity index (χ1n) is 9.18. The molecule has 28 heavy (non-hydrogen) atoms. The van der Waals surface area contributed by atoms with Crippen molar-refractivity contribution in [2.24, 2.45) is 0 Å². The Bertz CT molecular complexity index is 794. The Morgan fingerprint density at radius 2 is 2.04 bits per heavy atom. The molecular formula is C19H24FN5O3. The smallest absolute Gasteiger partial charge is 0.244 e. The monoisotopic (exact) mass is 389 g/mol. The Morgan fingerprint density at radius 3 is 2.68 bits per heavy atom. The number of benzene rings is 1. The highest BCUT2D eigenvalue weighted by molar-refractivity contribution is 5.85. The molecule has 0 spiro atoms. The van der Waals surface area contributed by atoms with Crippen molar-refractivity contribution in [3.63, 3.8) is 0 Å². The highest BCUT2D eigenvalue weighted by Gasteiger charge is 2.32. The molecule has 1 aliphatic rings. The van der Waals surface area contributed by atoms with Gasteiger partial charge in [0.05, 0.1) is 19.3 Å². The van der Waals surface area contributed by atoms with Crippen LogP contribution in [-0.4, -0.2) is 68.2 Å². The van der Waals surface area contributed by atoms with Crippen molar-refractivity contribution in [1.82, 2.24) is 24.6 Å². The van der Waals surface area contributed by atoms with Crippen LogP contribution in [0.25, 0.3) is 0 Å². The van der Waals surface area contributed by atoms with Crippen molar-refractivity contribution < 1.29 is 18.7 Å². The molecule has 0 saturated carbocycles. The standard InChI is InChI=1S/C19H24FN5O3/c1-14(2)25-8-17(28-11-15-3-5-16(20)6-4-15)7-23(9-19(25)27)18(26)10-24-13-21-12-22-24/h3-6,12-14,17H,7-11H2,1-2H3/t17-/m1/s1. The number of halogens is 1. The second-order valence-electron chi connectivity index (χ2n) is 7.07. The van der Waals surface area contributed by atoms with Gasteiger partial charge in [-0.25, -0.2) is 14.1 Å². The second-order valence-corrected chi connectivity index (χ2v) is 7.07. The van der Waals surface area contributed by atoms with Crippen LogP contribution in [0.15, 0.2) is 36.9 Å². The van der Waals surface area contributed by atoms with E-state index >= 15 is 0 Å². The summed E-state index contributed by atoms with van der Waals surface area (Å²) >= 11 is 0. The number of ether oxygens (including phenoxy) is 1. The normalized spacial score (nSPS) is 17.9. The molecule has 0 aliphatic carbocycles. The third kappa shape index (κ3) is 5.13. The first kappa shape index (κ1) is 19.9. The van der Waals surface area contributed by atoms with Gasteiger partial charge in [-0.05, 0) is 31.5 Å². The first-order chi connectivity index (χ1) is 13.4. The summed E-state index contributed by atoms with van der Waals surface area (Å²) in [5.74, 6) is -0.644. The molecule has 1 atom stereocenters. The molecule has 1 aliphatic heterocycles. The molecule has 1 fully saturated rings. The lowest BCUT2D eigenvalue weighted by Crippen LogP contribution is -2.43. The minimum atomic E-state index is -0.349. The van der Waals surface area contributed by atoms with Crippen molar-refractivity contribution in [2.75, 3.05) is 19.6 Å². The van der Waals surface area contributed by atoms with E-state index in [-0.39, 0.29) is 49.5 Å². The number of carbonyl (C=O) groups excluding carboxylic acids is 2. The number of hydrogen-bond donors (Lipinski definition) is 0. The van der Waals surface area contributed by atoms with Gasteiger partial charge in [0.1, 0.15) is 25.0 Å². The van der Waals surface area contributed by atoms with Crippen LogP contribution in [0.4, 0.5) is 4.39 Å². The average molecular weight is 389 g/mol. The minimum Gasteiger partial charge on any atom is -0.370 e. The quantitative estimate of drug-likeness (QED) is 0.739. The van der Waals surface area contributed by atoms with E-state index in [0.717, 1.165) is 5.56 Å². The number of nitrogens with zero attached hydrogens (tertiary/aromatic N) is 5. The van der Waals surface area contributed by atoms with Crippen LogP contribution in [0, 0.1) is 5.82 Å². The third-order valence-corrected chi connectivity index (χ3v) is 4.61. The molecule has 8 nitrogen and oxygen atoms in total. The lowest BCUT2D eigenvalue weighted by Gasteiger charge is -2.27. The van der Waals surface area contributed by atoms with Gasteiger partial charge in [0.2, 0.25) is 11.8 Å². The fourth-order valence-corrected chi connectivity index (χ4v) is 3.09. The summed E-state index contributed by atoms with van der Waals surface area (Å²) < 4.78 is 20.5. The van der Waals surface area contributed by atoms with Crippen molar-refractivity contribution >= 4 is 11.8 Å². The predicted molar refractivity (Wildman–Crippen MR) is 98.4 cm³/mol. The summed E-state index contributed by atoms with van der Waals surface area (Å²) in [5, 5.41) is 3.94. The lowest BCUT2D eigenvalue weighted by atomic mass is 10.2. The van der Waals surface area contributed by atoms with Gasteiger partial charge in [-0.3, -0.25) is 9.59 Å². The summed E-state index contributed by atoms with van der Waals surface area (Å²) in [7, 11) is 0. The van der Waals surface area contributed by atoms with E-state index in [9.17, 15) is 14.0 Å². The van der Waals surface area contributed by atoms with Gasteiger partial charge in [-0.1, -0.05) is 12.1 Å². The fourth-order valence-electron chi connectivity index (χ4n) is 3.09. The van der Waals surface area contributed by atoms with E-state index in [1.807, 2.05) is 13.8 Å². The van der Waals surface area contributed by atoms with Crippen LogP contribution < -0.4 is 0 Å². The van der Waals surface area contributed by atoms with E-state index < -0.39 is 0 Å². The zero-order chi connectivity index (χ0) is 20.1. The molecule has 3 rings (SSSR count). The van der Waals surface area contributed by atoms with Crippen LogP contribution >= 0.6 is 0 Å². The maximum absolute atomic E-state index is 13.1.